The van der Waals surface area contributed by atoms with E-state index in [0.29, 0.717) is 0 Å². The summed E-state index contributed by atoms with van der Waals surface area (Å²) in [5.41, 5.74) is -0.869. The van der Waals surface area contributed by atoms with Gasteiger partial charge in [0, 0.05) is 17.3 Å². The maximum Gasteiger partial charge on any atom is 0.340 e. The topological polar surface area (TPSA) is 81.5 Å². The maximum atomic E-state index is 12.9. The molecule has 0 heterocycles. The van der Waals surface area contributed by atoms with Crippen LogP contribution in [0.1, 0.15) is 10.4 Å². The Morgan fingerprint density at radius 3 is 2.37 bits per heavy atom. The Balaban J connectivity index is 2.20. The van der Waals surface area contributed by atoms with Crippen molar-refractivity contribution in [3.05, 3.63) is 64.0 Å². The normalized spacial score (nSPS) is 11.3. The molecule has 27 heavy (non-hydrogen) atoms. The summed E-state index contributed by atoms with van der Waals surface area (Å²) in [7, 11) is 0. The molecule has 0 spiro atoms. The number of alkyl halides is 4. The van der Waals surface area contributed by atoms with Gasteiger partial charge in [0.05, 0.1) is 4.92 Å². The minimum atomic E-state index is -4.49. The summed E-state index contributed by atoms with van der Waals surface area (Å²) in [4.78, 5) is 22.2. The molecule has 0 bridgehead atoms. The highest BCUT2D eigenvalue weighted by Crippen LogP contribution is 2.31. The van der Waals surface area contributed by atoms with Gasteiger partial charge in [-0.1, -0.05) is 0 Å². The first-order valence-corrected chi connectivity index (χ1v) is 7.24. The second kappa shape index (κ2) is 7.98. The van der Waals surface area contributed by atoms with E-state index in [2.05, 4.69) is 10.1 Å². The average molecular weight is 390 g/mol. The molecule has 0 saturated carbocycles. The summed E-state index contributed by atoms with van der Waals surface area (Å²) in [5, 5.41) is 13.4. The largest absolute Gasteiger partial charge is 0.480 e. The number of ether oxygens (including phenoxy) is 1. The van der Waals surface area contributed by atoms with Crippen LogP contribution < -0.4 is 10.1 Å². The number of amides is 1. The van der Waals surface area contributed by atoms with Gasteiger partial charge in [-0.05, 0) is 36.4 Å². The Morgan fingerprint density at radius 2 is 1.81 bits per heavy atom. The molecule has 0 radical (unpaired) electrons. The molecule has 6 nitrogen and oxygen atoms in total. The van der Waals surface area contributed by atoms with Gasteiger partial charge in [-0.2, -0.15) is 8.78 Å². The van der Waals surface area contributed by atoms with Gasteiger partial charge in [0.15, 0.2) is 12.4 Å². The number of halogens is 5. The van der Waals surface area contributed by atoms with E-state index in [4.69, 9.17) is 0 Å². The van der Waals surface area contributed by atoms with Crippen LogP contribution in [0.5, 0.6) is 5.75 Å². The predicted octanol–water partition coefficient (Wildman–Crippen LogP) is 4.27. The number of hydrogen-bond donors (Lipinski definition) is 1. The maximum absolute atomic E-state index is 12.9. The molecule has 0 saturated heterocycles. The fraction of sp³-hybridized carbons (Fsp3) is 0.188. The molecule has 11 heteroatoms. The minimum Gasteiger partial charge on any atom is -0.480 e. The number of rotatable bonds is 7. The number of nitrogens with one attached hydrogen (secondary N) is 1. The Hall–Kier alpha value is -3.24. The van der Waals surface area contributed by atoms with Crippen LogP contribution >= 0.6 is 0 Å². The van der Waals surface area contributed by atoms with E-state index in [1.807, 2.05) is 0 Å². The van der Waals surface area contributed by atoms with Crippen molar-refractivity contribution in [1.82, 2.24) is 0 Å². The van der Waals surface area contributed by atoms with Gasteiger partial charge in [-0.3, -0.25) is 14.9 Å². The van der Waals surface area contributed by atoms with Crippen molar-refractivity contribution in [3.63, 3.8) is 0 Å². The fourth-order valence-electron chi connectivity index (χ4n) is 1.90. The molecule has 0 atom stereocenters. The van der Waals surface area contributed by atoms with Crippen molar-refractivity contribution in [3.8, 4) is 5.75 Å². The van der Waals surface area contributed by atoms with Crippen LogP contribution in [0, 0.1) is 15.9 Å². The van der Waals surface area contributed by atoms with Crippen molar-refractivity contribution in [2.24, 2.45) is 0 Å². The van der Waals surface area contributed by atoms with Crippen LogP contribution in [-0.4, -0.2) is 29.8 Å². The highest BCUT2D eigenvalue weighted by atomic mass is 19.3. The van der Waals surface area contributed by atoms with Gasteiger partial charge in [0.2, 0.25) is 0 Å². The number of anilines is 1. The number of carbonyl (C=O) groups is 1. The van der Waals surface area contributed by atoms with Gasteiger partial charge in [0.25, 0.3) is 5.91 Å². The first-order chi connectivity index (χ1) is 12.6. The van der Waals surface area contributed by atoms with Crippen molar-refractivity contribution < 1.29 is 36.4 Å². The van der Waals surface area contributed by atoms with E-state index in [1.54, 1.807) is 0 Å². The Morgan fingerprint density at radius 1 is 1.19 bits per heavy atom. The summed E-state index contributed by atoms with van der Waals surface area (Å²) >= 11 is 0. The summed E-state index contributed by atoms with van der Waals surface area (Å²) in [6, 6.07) is 7.29. The third-order valence-corrected chi connectivity index (χ3v) is 3.26. The van der Waals surface area contributed by atoms with E-state index in [-0.39, 0.29) is 11.3 Å². The van der Waals surface area contributed by atoms with Gasteiger partial charge in [-0.15, -0.1) is 0 Å². The lowest BCUT2D eigenvalue weighted by molar-refractivity contribution is -0.386. The van der Waals surface area contributed by atoms with E-state index in [9.17, 15) is 36.9 Å². The molecule has 2 rings (SSSR count). The zero-order valence-electron chi connectivity index (χ0n) is 13.3. The standard InChI is InChI=1S/C16H11F5N2O4/c17-10-2-4-11(5-3-10)22-14(24)9-1-6-13(12(7-9)23(25)26)27-8-16(20,21)15(18)19/h1-7,15H,8H2,(H,22,24). The molecular formula is C16H11F5N2O4. The Labute approximate surface area is 148 Å². The average Bonchev–Trinajstić information content (AvgIpc) is 2.61. The summed E-state index contributed by atoms with van der Waals surface area (Å²) in [6.45, 7) is -1.77. The highest BCUT2D eigenvalue weighted by molar-refractivity contribution is 6.04. The van der Waals surface area contributed by atoms with Crippen molar-refractivity contribution in [2.45, 2.75) is 12.3 Å². The van der Waals surface area contributed by atoms with Crippen LogP contribution in [0.3, 0.4) is 0 Å². The summed E-state index contributed by atoms with van der Waals surface area (Å²) < 4.78 is 67.4. The Kier molecular flexibility index (Phi) is 5.93. The van der Waals surface area contributed by atoms with E-state index < -0.39 is 47.0 Å². The molecule has 1 amide bonds. The van der Waals surface area contributed by atoms with Crippen molar-refractivity contribution in [2.75, 3.05) is 11.9 Å². The number of carbonyl (C=O) groups excluding carboxylic acids is 1. The molecule has 0 aliphatic carbocycles. The van der Waals surface area contributed by atoms with E-state index in [1.165, 1.54) is 12.1 Å². The highest BCUT2D eigenvalue weighted by Gasteiger charge is 2.42. The smallest absolute Gasteiger partial charge is 0.340 e. The summed E-state index contributed by atoms with van der Waals surface area (Å²) in [6.07, 6.45) is -4.00. The van der Waals surface area contributed by atoms with Crippen LogP contribution in [0.25, 0.3) is 0 Å². The second-order valence-corrected chi connectivity index (χ2v) is 5.25. The first kappa shape index (κ1) is 20.1. The number of nitro benzene ring substituents is 1. The Bertz CT molecular complexity index is 843. The molecule has 144 valence electrons. The number of benzene rings is 2. The van der Waals surface area contributed by atoms with Crippen LogP contribution in [0.15, 0.2) is 42.5 Å². The SMILES string of the molecule is O=C(Nc1ccc(F)cc1)c1ccc(OCC(F)(F)C(F)F)c([N+](=O)[O-])c1. The minimum absolute atomic E-state index is 0.209. The lowest BCUT2D eigenvalue weighted by Crippen LogP contribution is -2.33. The molecule has 1 N–H and O–H groups in total. The lowest BCUT2D eigenvalue weighted by Gasteiger charge is -2.16. The lowest BCUT2D eigenvalue weighted by atomic mass is 10.1. The van der Waals surface area contributed by atoms with Gasteiger partial charge in [0.1, 0.15) is 5.82 Å². The third-order valence-electron chi connectivity index (χ3n) is 3.26. The molecule has 2 aromatic carbocycles. The molecule has 0 fully saturated rings. The molecule has 0 aromatic heterocycles. The van der Waals surface area contributed by atoms with Crippen molar-refractivity contribution >= 4 is 17.3 Å². The zero-order chi connectivity index (χ0) is 20.2. The molecular weight excluding hydrogens is 379 g/mol. The van der Waals surface area contributed by atoms with Gasteiger partial charge in [-0.25, -0.2) is 13.2 Å². The quantitative estimate of drug-likeness (QED) is 0.435. The predicted molar refractivity (Wildman–Crippen MR) is 83.9 cm³/mol. The van der Waals surface area contributed by atoms with E-state index in [0.717, 1.165) is 30.3 Å². The number of nitrogens with zero attached hydrogens (tertiary/aromatic N) is 1. The molecule has 0 aliphatic rings. The number of nitro groups is 1. The fourth-order valence-corrected chi connectivity index (χ4v) is 1.90. The third kappa shape index (κ3) is 5.12. The van der Waals surface area contributed by atoms with Crippen LogP contribution in [-0.2, 0) is 0 Å². The molecule has 2 aromatic rings. The summed E-state index contributed by atoms with van der Waals surface area (Å²) in [5.74, 6) is -6.52. The van der Waals surface area contributed by atoms with E-state index >= 15 is 0 Å². The second-order valence-electron chi connectivity index (χ2n) is 5.25. The first-order valence-electron chi connectivity index (χ1n) is 7.24. The van der Waals surface area contributed by atoms with Gasteiger partial charge < -0.3 is 10.1 Å². The van der Waals surface area contributed by atoms with Crippen LogP contribution in [0.2, 0.25) is 0 Å². The number of hydrogen-bond acceptors (Lipinski definition) is 4. The molecule has 0 unspecified atom stereocenters. The monoisotopic (exact) mass is 390 g/mol. The van der Waals surface area contributed by atoms with Crippen LogP contribution in [0.4, 0.5) is 33.3 Å². The van der Waals surface area contributed by atoms with Crippen molar-refractivity contribution in [1.29, 1.82) is 0 Å². The zero-order valence-corrected chi connectivity index (χ0v) is 13.3. The van der Waals surface area contributed by atoms with Gasteiger partial charge >= 0.3 is 18.0 Å². The molecule has 0 aliphatic heterocycles.